The van der Waals surface area contributed by atoms with Gasteiger partial charge >= 0.3 is 21.6 Å². The molecule has 0 saturated heterocycles. The zero-order chi connectivity index (χ0) is 23.3. The van der Waals surface area contributed by atoms with E-state index in [4.69, 9.17) is 4.42 Å². The van der Waals surface area contributed by atoms with Gasteiger partial charge in [-0.2, -0.15) is 21.6 Å². The van der Waals surface area contributed by atoms with Crippen molar-refractivity contribution in [3.8, 4) is 28.2 Å². The molecule has 0 unspecified atom stereocenters. The molecule has 11 heteroatoms. The van der Waals surface area contributed by atoms with E-state index in [0.29, 0.717) is 11.1 Å². The summed E-state index contributed by atoms with van der Waals surface area (Å²) < 4.78 is 70.4. The molecule has 0 radical (unpaired) electrons. The number of carboxylic acids is 1. The first-order valence-electron chi connectivity index (χ1n) is 8.82. The number of hydrogen-bond acceptors (Lipinski definition) is 6. The Hall–Kier alpha value is -3.86. The van der Waals surface area contributed by atoms with Gasteiger partial charge in [-0.15, -0.1) is 0 Å². The van der Waals surface area contributed by atoms with Crippen LogP contribution in [0.4, 0.5) is 13.2 Å². The van der Waals surface area contributed by atoms with Gasteiger partial charge in [-0.1, -0.05) is 18.2 Å². The van der Waals surface area contributed by atoms with Gasteiger partial charge in [0.1, 0.15) is 17.1 Å². The molecule has 0 fully saturated rings. The van der Waals surface area contributed by atoms with E-state index in [-0.39, 0.29) is 27.9 Å². The lowest BCUT2D eigenvalue weighted by Crippen LogP contribution is -2.28. The third kappa shape index (κ3) is 3.66. The van der Waals surface area contributed by atoms with Crippen molar-refractivity contribution in [3.05, 3.63) is 76.5 Å². The topological polar surface area (TPSA) is 111 Å². The van der Waals surface area contributed by atoms with E-state index in [2.05, 4.69) is 4.18 Å². The van der Waals surface area contributed by atoms with Crippen LogP contribution in [0.15, 0.2) is 69.9 Å². The van der Waals surface area contributed by atoms with Crippen LogP contribution in [0.3, 0.4) is 0 Å². The highest BCUT2D eigenvalue weighted by Crippen LogP contribution is 2.42. The molecule has 0 amide bonds. The zero-order valence-electron chi connectivity index (χ0n) is 15.7. The lowest BCUT2D eigenvalue weighted by molar-refractivity contribution is -0.0500. The highest BCUT2D eigenvalue weighted by Gasteiger charge is 2.48. The van der Waals surface area contributed by atoms with Crippen LogP contribution < -0.4 is 9.61 Å². The van der Waals surface area contributed by atoms with Crippen LogP contribution >= 0.6 is 0 Å². The van der Waals surface area contributed by atoms with Gasteiger partial charge in [0.25, 0.3) is 0 Å². The third-order valence-corrected chi connectivity index (χ3v) is 5.56. The number of fused-ring (bicyclic) bond motifs is 2. The Morgan fingerprint density at radius 3 is 2.38 bits per heavy atom. The molecule has 0 atom stereocenters. The average molecular weight is 464 g/mol. The molecule has 1 N–H and O–H groups in total. The van der Waals surface area contributed by atoms with Crippen molar-refractivity contribution in [3.63, 3.8) is 0 Å². The number of hydrogen-bond donors (Lipinski definition) is 1. The highest BCUT2D eigenvalue weighted by molar-refractivity contribution is 7.88. The Kier molecular flexibility index (Phi) is 4.93. The smallest absolute Gasteiger partial charge is 0.478 e. The second kappa shape index (κ2) is 7.38. The molecule has 164 valence electrons. The number of carbonyl (C=O) groups is 1. The Morgan fingerprint density at radius 2 is 1.69 bits per heavy atom. The first kappa shape index (κ1) is 21.4. The molecule has 1 aliphatic heterocycles. The molecule has 0 spiro atoms. The molecule has 0 bridgehead atoms. The first-order valence-corrected chi connectivity index (χ1v) is 10.2. The maximum Gasteiger partial charge on any atom is 0.534 e. The van der Waals surface area contributed by atoms with Gasteiger partial charge in [-0.25, -0.2) is 4.79 Å². The maximum atomic E-state index is 12.7. The minimum atomic E-state index is -5.92. The minimum absolute atomic E-state index is 0.0241. The number of aromatic carboxylic acids is 1. The highest BCUT2D eigenvalue weighted by atomic mass is 32.2. The fourth-order valence-electron chi connectivity index (χ4n) is 3.25. The molecule has 32 heavy (non-hydrogen) atoms. The van der Waals surface area contributed by atoms with Crippen molar-refractivity contribution in [2.24, 2.45) is 0 Å². The Bertz CT molecular complexity index is 1500. The molecule has 0 saturated carbocycles. The van der Waals surface area contributed by atoms with Crippen LogP contribution in [-0.4, -0.2) is 25.0 Å². The monoisotopic (exact) mass is 464 g/mol. The second-order valence-electron chi connectivity index (χ2n) is 6.63. The molecule has 2 aromatic rings. The number of halogens is 3. The summed E-state index contributed by atoms with van der Waals surface area (Å²) in [4.78, 5) is 23.6. The van der Waals surface area contributed by atoms with Gasteiger partial charge in [0, 0.05) is 28.6 Å². The predicted molar refractivity (Wildman–Crippen MR) is 107 cm³/mol. The quantitative estimate of drug-likeness (QED) is 0.269. The molecule has 4 rings (SSSR count). The summed E-state index contributed by atoms with van der Waals surface area (Å²) >= 11 is 0. The normalized spacial score (nSPS) is 12.2. The van der Waals surface area contributed by atoms with Crippen molar-refractivity contribution in [1.82, 2.24) is 0 Å². The summed E-state index contributed by atoms with van der Waals surface area (Å²) in [6, 6.07) is 13.0. The van der Waals surface area contributed by atoms with Crippen molar-refractivity contribution < 1.29 is 40.1 Å². The summed E-state index contributed by atoms with van der Waals surface area (Å²) in [6.45, 7) is 0. The van der Waals surface area contributed by atoms with Crippen molar-refractivity contribution >= 4 is 27.1 Å². The number of alkyl halides is 3. The predicted octanol–water partition coefficient (Wildman–Crippen LogP) is 4.49. The van der Waals surface area contributed by atoms with Gasteiger partial charge in [0.15, 0.2) is 5.43 Å². The van der Waals surface area contributed by atoms with Gasteiger partial charge < -0.3 is 13.7 Å². The maximum absolute atomic E-state index is 12.7. The molecule has 2 aliphatic rings. The van der Waals surface area contributed by atoms with E-state index in [1.807, 2.05) is 0 Å². The summed E-state index contributed by atoms with van der Waals surface area (Å²) in [6.07, 6.45) is 0. The minimum Gasteiger partial charge on any atom is -0.478 e. The van der Waals surface area contributed by atoms with Crippen LogP contribution in [-0.2, 0) is 10.1 Å². The second-order valence-corrected chi connectivity index (χ2v) is 8.16. The lowest BCUT2D eigenvalue weighted by atomic mass is 9.91. The first-order chi connectivity index (χ1) is 15.0. The summed E-state index contributed by atoms with van der Waals surface area (Å²) in [7, 11) is -5.92. The van der Waals surface area contributed by atoms with E-state index < -0.39 is 32.8 Å². The molecule has 0 aromatic heterocycles. The lowest BCUT2D eigenvalue weighted by Gasteiger charge is -2.17. The number of carboxylic acid groups (broad SMARTS) is 1. The molecule has 1 heterocycles. The average Bonchev–Trinajstić information content (AvgIpc) is 2.70. The largest absolute Gasteiger partial charge is 0.534 e. The van der Waals surface area contributed by atoms with E-state index in [0.717, 1.165) is 18.2 Å². The van der Waals surface area contributed by atoms with E-state index in [1.54, 1.807) is 6.07 Å². The van der Waals surface area contributed by atoms with Crippen molar-refractivity contribution in [2.75, 3.05) is 0 Å². The SMILES string of the molecule is O=C(O)c1ccccc1-c1c2ccc(=O)cc-2oc2cc(OS(=O)(=O)C(F)(F)F)ccc12. The summed E-state index contributed by atoms with van der Waals surface area (Å²) in [5.74, 6) is -1.87. The van der Waals surface area contributed by atoms with E-state index >= 15 is 0 Å². The Labute approximate surface area is 177 Å². The van der Waals surface area contributed by atoms with Gasteiger partial charge in [-0.05, 0) is 35.9 Å². The molecule has 7 nitrogen and oxygen atoms in total. The van der Waals surface area contributed by atoms with Gasteiger partial charge in [0.05, 0.1) is 5.56 Å². The number of rotatable bonds is 4. The van der Waals surface area contributed by atoms with Crippen LogP contribution in [0, 0.1) is 0 Å². The van der Waals surface area contributed by atoms with Crippen LogP contribution in [0.25, 0.3) is 33.4 Å². The molecular formula is C21H11F3O7S. The Morgan fingerprint density at radius 1 is 0.969 bits per heavy atom. The molecule has 1 aliphatic carbocycles. The zero-order valence-corrected chi connectivity index (χ0v) is 16.5. The standard InChI is InChI=1S/C21H11F3O7S/c22-21(23,24)32(28,29)31-12-6-8-16-18(10-12)30-17-9-11(25)5-7-15(17)19(16)13-3-1-2-4-14(13)20(26)27/h1-10H,(H,26,27). The van der Waals surface area contributed by atoms with Crippen LogP contribution in [0.1, 0.15) is 10.4 Å². The van der Waals surface area contributed by atoms with Crippen LogP contribution in [0.5, 0.6) is 5.75 Å². The van der Waals surface area contributed by atoms with Gasteiger partial charge in [-0.3, -0.25) is 4.79 Å². The fourth-order valence-corrected chi connectivity index (χ4v) is 3.71. The number of benzene rings is 3. The van der Waals surface area contributed by atoms with E-state index in [9.17, 15) is 36.3 Å². The fraction of sp³-hybridized carbons (Fsp3) is 0.0476. The Balaban J connectivity index is 2.03. The summed E-state index contributed by atoms with van der Waals surface area (Å²) in [5.41, 5.74) is -5.26. The summed E-state index contributed by atoms with van der Waals surface area (Å²) in [5, 5.41) is 9.86. The van der Waals surface area contributed by atoms with Gasteiger partial charge in [0.2, 0.25) is 0 Å². The van der Waals surface area contributed by atoms with Crippen molar-refractivity contribution in [2.45, 2.75) is 5.51 Å². The van der Waals surface area contributed by atoms with E-state index in [1.165, 1.54) is 36.4 Å². The van der Waals surface area contributed by atoms with Crippen molar-refractivity contribution in [1.29, 1.82) is 0 Å². The molecular weight excluding hydrogens is 453 g/mol. The molecule has 2 aromatic carbocycles. The third-order valence-electron chi connectivity index (χ3n) is 4.58. The van der Waals surface area contributed by atoms with Crippen LogP contribution in [0.2, 0.25) is 0 Å².